The van der Waals surface area contributed by atoms with Gasteiger partial charge in [0, 0.05) is 10.9 Å². The van der Waals surface area contributed by atoms with Gasteiger partial charge in [-0.15, -0.1) is 21.5 Å². The van der Waals surface area contributed by atoms with Gasteiger partial charge in [-0.2, -0.15) is 0 Å². The molecule has 1 saturated heterocycles. The predicted molar refractivity (Wildman–Crippen MR) is 107 cm³/mol. The van der Waals surface area contributed by atoms with Gasteiger partial charge in [-0.3, -0.25) is 4.90 Å². The molecule has 27 heavy (non-hydrogen) atoms. The average molecular weight is 410 g/mol. The summed E-state index contributed by atoms with van der Waals surface area (Å²) in [6.45, 7) is 3.53. The van der Waals surface area contributed by atoms with Crippen LogP contribution < -0.4 is 0 Å². The maximum Gasteiger partial charge on any atom is 0.257 e. The van der Waals surface area contributed by atoms with E-state index in [1.54, 1.807) is 11.3 Å². The van der Waals surface area contributed by atoms with E-state index in [2.05, 4.69) is 28.1 Å². The van der Waals surface area contributed by atoms with Crippen molar-refractivity contribution in [1.29, 1.82) is 0 Å². The van der Waals surface area contributed by atoms with Crippen molar-refractivity contribution in [3.05, 3.63) is 22.4 Å². The Bertz CT molecular complexity index is 864. The molecule has 0 bridgehead atoms. The third kappa shape index (κ3) is 4.43. The SMILES string of the molecule is CCCCN(Cc1nnc(-c2cc3c(s2)CCCC3)o1)C1CCS(=O)(=O)C1. The fourth-order valence-corrected chi connectivity index (χ4v) is 6.94. The molecule has 1 fully saturated rings. The van der Waals surface area contributed by atoms with Gasteiger partial charge in [0.25, 0.3) is 5.89 Å². The number of aryl methyl sites for hydroxylation is 2. The quantitative estimate of drug-likeness (QED) is 0.697. The summed E-state index contributed by atoms with van der Waals surface area (Å²) in [5, 5.41) is 8.52. The van der Waals surface area contributed by atoms with Crippen LogP contribution in [-0.2, 0) is 29.2 Å². The molecule has 0 amide bonds. The molecule has 1 atom stereocenters. The molecule has 0 spiro atoms. The Kier molecular flexibility index (Phi) is 5.66. The maximum absolute atomic E-state index is 11.9. The van der Waals surface area contributed by atoms with Crippen LogP contribution in [0.25, 0.3) is 10.8 Å². The van der Waals surface area contributed by atoms with Crippen molar-refractivity contribution in [3.8, 4) is 10.8 Å². The first-order valence-electron chi connectivity index (χ1n) is 9.93. The van der Waals surface area contributed by atoms with E-state index in [4.69, 9.17) is 4.42 Å². The number of sulfone groups is 1. The zero-order chi connectivity index (χ0) is 18.9. The summed E-state index contributed by atoms with van der Waals surface area (Å²) in [5.41, 5.74) is 1.43. The third-order valence-electron chi connectivity index (χ3n) is 5.54. The maximum atomic E-state index is 11.9. The second kappa shape index (κ2) is 8.01. The van der Waals surface area contributed by atoms with Gasteiger partial charge in [-0.1, -0.05) is 13.3 Å². The number of hydrogen-bond acceptors (Lipinski definition) is 7. The smallest absolute Gasteiger partial charge is 0.257 e. The van der Waals surface area contributed by atoms with E-state index in [0.29, 0.717) is 24.7 Å². The van der Waals surface area contributed by atoms with Gasteiger partial charge in [0.1, 0.15) is 0 Å². The third-order valence-corrected chi connectivity index (χ3v) is 8.51. The minimum Gasteiger partial charge on any atom is -0.419 e. The molecule has 0 saturated carbocycles. The molecule has 6 nitrogen and oxygen atoms in total. The lowest BCUT2D eigenvalue weighted by atomic mass is 9.99. The zero-order valence-corrected chi connectivity index (χ0v) is 17.4. The van der Waals surface area contributed by atoms with Crippen LogP contribution in [0.4, 0.5) is 0 Å². The van der Waals surface area contributed by atoms with Crippen LogP contribution in [0.1, 0.15) is 55.4 Å². The number of fused-ring (bicyclic) bond motifs is 1. The van der Waals surface area contributed by atoms with Gasteiger partial charge in [0.15, 0.2) is 9.84 Å². The van der Waals surface area contributed by atoms with Gasteiger partial charge >= 0.3 is 0 Å². The van der Waals surface area contributed by atoms with E-state index < -0.39 is 9.84 Å². The Morgan fingerprint density at radius 2 is 2.15 bits per heavy atom. The van der Waals surface area contributed by atoms with Gasteiger partial charge in [0.05, 0.1) is 22.9 Å². The molecule has 3 heterocycles. The first-order chi connectivity index (χ1) is 13.0. The number of rotatable bonds is 7. The topological polar surface area (TPSA) is 76.3 Å². The molecule has 1 aliphatic heterocycles. The Morgan fingerprint density at radius 3 is 2.89 bits per heavy atom. The van der Waals surface area contributed by atoms with Crippen molar-refractivity contribution in [3.63, 3.8) is 0 Å². The van der Waals surface area contributed by atoms with Gasteiger partial charge in [-0.05, 0) is 56.7 Å². The highest BCUT2D eigenvalue weighted by molar-refractivity contribution is 7.91. The monoisotopic (exact) mass is 409 g/mol. The summed E-state index contributed by atoms with van der Waals surface area (Å²) in [5.74, 6) is 1.71. The lowest BCUT2D eigenvalue weighted by Crippen LogP contribution is -2.36. The van der Waals surface area contributed by atoms with Crippen molar-refractivity contribution in [2.24, 2.45) is 0 Å². The van der Waals surface area contributed by atoms with Crippen LogP contribution in [0.2, 0.25) is 0 Å². The van der Waals surface area contributed by atoms with Gasteiger partial charge < -0.3 is 4.42 Å². The molecule has 0 radical (unpaired) electrons. The molecule has 1 aliphatic carbocycles. The van der Waals surface area contributed by atoms with Crippen LogP contribution >= 0.6 is 11.3 Å². The van der Waals surface area contributed by atoms with Gasteiger partial charge in [-0.25, -0.2) is 8.42 Å². The van der Waals surface area contributed by atoms with Crippen LogP contribution in [0.5, 0.6) is 0 Å². The van der Waals surface area contributed by atoms with E-state index in [-0.39, 0.29) is 17.5 Å². The van der Waals surface area contributed by atoms with Crippen molar-refractivity contribution in [1.82, 2.24) is 15.1 Å². The molecule has 2 aromatic heterocycles. The molecule has 0 N–H and O–H groups in total. The molecule has 2 aliphatic rings. The number of nitrogens with zero attached hydrogens (tertiary/aromatic N) is 3. The summed E-state index contributed by atoms with van der Waals surface area (Å²) in [6, 6.07) is 2.26. The molecule has 0 aromatic carbocycles. The second-order valence-electron chi connectivity index (χ2n) is 7.65. The molecule has 2 aromatic rings. The summed E-state index contributed by atoms with van der Waals surface area (Å²) in [7, 11) is -2.90. The van der Waals surface area contributed by atoms with Crippen molar-refractivity contribution in [2.45, 2.75) is 64.5 Å². The summed E-state index contributed by atoms with van der Waals surface area (Å²) in [6.07, 6.45) is 7.63. The number of unbranched alkanes of at least 4 members (excludes halogenated alkanes) is 1. The highest BCUT2D eigenvalue weighted by Crippen LogP contribution is 2.35. The van der Waals surface area contributed by atoms with E-state index >= 15 is 0 Å². The van der Waals surface area contributed by atoms with E-state index in [1.807, 2.05) is 0 Å². The Morgan fingerprint density at radius 1 is 1.30 bits per heavy atom. The number of aromatic nitrogens is 2. The van der Waals surface area contributed by atoms with E-state index in [9.17, 15) is 8.42 Å². The van der Waals surface area contributed by atoms with Crippen LogP contribution in [-0.4, -0.2) is 47.6 Å². The Labute approximate surface area is 164 Å². The Balaban J connectivity index is 1.48. The van der Waals surface area contributed by atoms with Gasteiger partial charge in [0.2, 0.25) is 5.89 Å². The first-order valence-corrected chi connectivity index (χ1v) is 12.6. The summed E-state index contributed by atoms with van der Waals surface area (Å²) >= 11 is 1.77. The first kappa shape index (κ1) is 19.1. The minimum atomic E-state index is -2.90. The lowest BCUT2D eigenvalue weighted by Gasteiger charge is -2.26. The predicted octanol–water partition coefficient (Wildman–Crippen LogP) is 3.47. The molecule has 4 rings (SSSR count). The minimum absolute atomic E-state index is 0.0611. The van der Waals surface area contributed by atoms with Crippen molar-refractivity contribution >= 4 is 21.2 Å². The van der Waals surface area contributed by atoms with Crippen LogP contribution in [0.15, 0.2) is 10.5 Å². The molecule has 8 heteroatoms. The fraction of sp³-hybridized carbons (Fsp3) is 0.684. The fourth-order valence-electron chi connectivity index (χ4n) is 4.00. The summed E-state index contributed by atoms with van der Waals surface area (Å²) < 4.78 is 29.7. The normalized spacial score (nSPS) is 21.6. The Hall–Kier alpha value is -1.25. The molecular formula is C19H27N3O3S2. The number of thiophene rings is 1. The largest absolute Gasteiger partial charge is 0.419 e. The van der Waals surface area contributed by atoms with Crippen molar-refractivity contribution < 1.29 is 12.8 Å². The highest BCUT2D eigenvalue weighted by atomic mass is 32.2. The average Bonchev–Trinajstić information content (AvgIpc) is 3.35. The standard InChI is InChI=1S/C19H27N3O3S2/c1-2-3-9-22(15-8-10-27(23,24)13-15)12-18-20-21-19(25-18)17-11-14-6-4-5-7-16(14)26-17/h11,15H,2-10,12-13H2,1H3. The van der Waals surface area contributed by atoms with Crippen molar-refractivity contribution in [2.75, 3.05) is 18.1 Å². The number of hydrogen-bond donors (Lipinski definition) is 0. The lowest BCUT2D eigenvalue weighted by molar-refractivity contribution is 0.182. The van der Waals surface area contributed by atoms with Crippen LogP contribution in [0, 0.1) is 0 Å². The van der Waals surface area contributed by atoms with E-state index in [1.165, 1.54) is 23.3 Å². The molecule has 148 valence electrons. The zero-order valence-electron chi connectivity index (χ0n) is 15.8. The molecular weight excluding hydrogens is 382 g/mol. The highest BCUT2D eigenvalue weighted by Gasteiger charge is 2.32. The molecule has 1 unspecified atom stereocenters. The van der Waals surface area contributed by atoms with E-state index in [0.717, 1.165) is 37.1 Å². The van der Waals surface area contributed by atoms with Crippen LogP contribution in [0.3, 0.4) is 0 Å². The summed E-state index contributed by atoms with van der Waals surface area (Å²) in [4.78, 5) is 4.73. The second-order valence-corrected chi connectivity index (χ2v) is 11.0.